The fourth-order valence-corrected chi connectivity index (χ4v) is 2.00. The Morgan fingerprint density at radius 2 is 2.14 bits per heavy atom. The first-order valence-corrected chi connectivity index (χ1v) is 6.34. The number of rotatable bonds is 3. The van der Waals surface area contributed by atoms with E-state index in [2.05, 4.69) is 21.1 Å². The molecule has 0 aromatic heterocycles. The van der Waals surface area contributed by atoms with Crippen LogP contribution in [-0.4, -0.2) is 49.9 Å². The molecule has 3 atom stereocenters. The fraction of sp³-hybridized carbons (Fsp3) is 1.00. The van der Waals surface area contributed by atoms with Crippen molar-refractivity contribution in [1.82, 2.24) is 0 Å². The van der Waals surface area contributed by atoms with E-state index in [0.717, 1.165) is 0 Å². The van der Waals surface area contributed by atoms with Gasteiger partial charge in [0.05, 0.1) is 19.1 Å². The van der Waals surface area contributed by atoms with E-state index in [1.807, 2.05) is 0 Å². The molecular formula is C5H11O7PS. The molecule has 1 aliphatic rings. The Hall–Kier alpha value is 0.370. The summed E-state index contributed by atoms with van der Waals surface area (Å²) in [6, 6.07) is 0. The second kappa shape index (κ2) is 4.09. The summed E-state index contributed by atoms with van der Waals surface area (Å²) in [6.07, 6.45) is -2.58. The van der Waals surface area contributed by atoms with Crippen LogP contribution in [0.1, 0.15) is 6.42 Å². The molecule has 0 amide bonds. The molecule has 14 heavy (non-hydrogen) atoms. The van der Waals surface area contributed by atoms with E-state index in [1.165, 1.54) is 0 Å². The van der Waals surface area contributed by atoms with Crippen molar-refractivity contribution in [3.05, 3.63) is 0 Å². The molecule has 0 unspecified atom stereocenters. The van der Waals surface area contributed by atoms with Gasteiger partial charge >= 0.3 is 6.72 Å². The normalized spacial score (nSPS) is 38.9. The van der Waals surface area contributed by atoms with E-state index in [9.17, 15) is 10.2 Å². The Morgan fingerprint density at radius 3 is 2.50 bits per heavy atom. The molecule has 0 aromatic carbocycles. The van der Waals surface area contributed by atoms with Crippen molar-refractivity contribution >= 4 is 18.5 Å². The van der Waals surface area contributed by atoms with Crippen molar-refractivity contribution in [2.24, 2.45) is 0 Å². The predicted molar refractivity (Wildman–Crippen MR) is 47.3 cm³/mol. The molecule has 5 N–H and O–H groups in total. The predicted octanol–water partition coefficient (Wildman–Crippen LogP) is -2.00. The number of aliphatic hydroxyl groups excluding tert-OH is 2. The van der Waals surface area contributed by atoms with E-state index < -0.39 is 37.9 Å². The molecule has 1 saturated heterocycles. The van der Waals surface area contributed by atoms with Crippen molar-refractivity contribution in [2.45, 2.75) is 24.6 Å². The summed E-state index contributed by atoms with van der Waals surface area (Å²) in [7, 11) is 0. The van der Waals surface area contributed by atoms with Gasteiger partial charge in [0, 0.05) is 0 Å². The van der Waals surface area contributed by atoms with Crippen molar-refractivity contribution in [1.29, 1.82) is 0 Å². The lowest BCUT2D eigenvalue weighted by atomic mass is 10.2. The highest BCUT2D eigenvalue weighted by atomic mass is 32.5. The van der Waals surface area contributed by atoms with E-state index in [1.54, 1.807) is 0 Å². The Morgan fingerprint density at radius 1 is 1.57 bits per heavy atom. The van der Waals surface area contributed by atoms with Crippen LogP contribution in [0.4, 0.5) is 0 Å². The van der Waals surface area contributed by atoms with Gasteiger partial charge in [0.25, 0.3) is 5.97 Å². The van der Waals surface area contributed by atoms with Crippen molar-refractivity contribution in [2.75, 3.05) is 6.61 Å². The molecule has 1 fully saturated rings. The lowest BCUT2D eigenvalue weighted by molar-refractivity contribution is -0.312. The molecule has 1 aliphatic heterocycles. The maximum Gasteiger partial charge on any atom is 0.326 e. The highest BCUT2D eigenvalue weighted by Crippen LogP contribution is 2.45. The van der Waals surface area contributed by atoms with Crippen LogP contribution in [0.3, 0.4) is 0 Å². The molecule has 0 radical (unpaired) electrons. The van der Waals surface area contributed by atoms with Crippen LogP contribution < -0.4 is 0 Å². The van der Waals surface area contributed by atoms with Gasteiger partial charge in [-0.25, -0.2) is 4.52 Å². The quantitative estimate of drug-likeness (QED) is 0.286. The van der Waals surface area contributed by atoms with Crippen LogP contribution in [0.5, 0.6) is 0 Å². The van der Waals surface area contributed by atoms with E-state index in [0.29, 0.717) is 0 Å². The molecule has 7 nitrogen and oxygen atoms in total. The average Bonchev–Trinajstić information content (AvgIpc) is 2.21. The van der Waals surface area contributed by atoms with Crippen LogP contribution in [0, 0.1) is 0 Å². The minimum absolute atomic E-state index is 0.405. The van der Waals surface area contributed by atoms with Gasteiger partial charge in [-0.05, 0) is 11.8 Å². The Balaban J connectivity index is 2.66. The number of ether oxygens (including phenoxy) is 1. The van der Waals surface area contributed by atoms with Crippen LogP contribution in [0.2, 0.25) is 0 Å². The van der Waals surface area contributed by atoms with Crippen LogP contribution in [-0.2, 0) is 21.1 Å². The van der Waals surface area contributed by atoms with Crippen molar-refractivity contribution < 1.29 is 34.4 Å². The van der Waals surface area contributed by atoms with Crippen molar-refractivity contribution in [3.63, 3.8) is 0 Å². The van der Waals surface area contributed by atoms with E-state index in [-0.39, 0.29) is 0 Å². The standard InChI is InChI=1S/C5H11O7PS/c6-2-4-3(7)1-5(8,11-4)12-13(9,10)14/h3-4,6-8H,1-2H2,(H2,9,10,14)/t3-,4+,5-/m0/s1. The second-order valence-corrected chi connectivity index (χ2v) is 5.50. The molecule has 1 rings (SSSR count). The maximum atomic E-state index is 9.42. The second-order valence-electron chi connectivity index (χ2n) is 2.90. The Bertz CT molecular complexity index is 254. The van der Waals surface area contributed by atoms with Gasteiger partial charge in [0.1, 0.15) is 6.10 Å². The molecule has 0 spiro atoms. The van der Waals surface area contributed by atoms with Gasteiger partial charge in [-0.3, -0.25) is 0 Å². The van der Waals surface area contributed by atoms with Gasteiger partial charge in [0.15, 0.2) is 0 Å². The maximum absolute atomic E-state index is 9.42. The molecule has 0 aliphatic carbocycles. The smallest absolute Gasteiger partial charge is 0.326 e. The third kappa shape index (κ3) is 3.20. The van der Waals surface area contributed by atoms with Gasteiger partial charge in [-0.15, -0.1) is 0 Å². The largest absolute Gasteiger partial charge is 0.394 e. The Kier molecular flexibility index (Phi) is 3.63. The number of hydrogen-bond donors (Lipinski definition) is 5. The summed E-state index contributed by atoms with van der Waals surface area (Å²) in [5.74, 6) is -2.34. The van der Waals surface area contributed by atoms with E-state index in [4.69, 9.17) is 14.9 Å². The molecule has 0 saturated carbocycles. The SMILES string of the molecule is OC[C@H]1O[C@](O)(OP(O)(O)=S)C[C@@H]1O. The van der Waals surface area contributed by atoms with E-state index >= 15 is 0 Å². The number of hydrogen-bond acceptors (Lipinski definition) is 6. The molecule has 0 bridgehead atoms. The zero-order valence-electron chi connectivity index (χ0n) is 6.98. The lowest BCUT2D eigenvalue weighted by Crippen LogP contribution is -2.31. The highest BCUT2D eigenvalue weighted by molar-refractivity contribution is 8.06. The van der Waals surface area contributed by atoms with Crippen molar-refractivity contribution in [3.8, 4) is 0 Å². The third-order valence-corrected chi connectivity index (χ3v) is 2.42. The molecular weight excluding hydrogens is 235 g/mol. The van der Waals surface area contributed by atoms with Gasteiger partial charge < -0.3 is 29.8 Å². The van der Waals surface area contributed by atoms with Gasteiger partial charge in [-0.2, -0.15) is 0 Å². The lowest BCUT2D eigenvalue weighted by Gasteiger charge is -2.23. The first kappa shape index (κ1) is 12.4. The minimum Gasteiger partial charge on any atom is -0.394 e. The first-order valence-electron chi connectivity index (χ1n) is 3.71. The zero-order valence-corrected chi connectivity index (χ0v) is 8.69. The monoisotopic (exact) mass is 246 g/mol. The third-order valence-electron chi connectivity index (χ3n) is 1.67. The van der Waals surface area contributed by atoms with Gasteiger partial charge in [0.2, 0.25) is 0 Å². The molecule has 1 heterocycles. The fourth-order valence-electron chi connectivity index (χ4n) is 1.16. The minimum atomic E-state index is -4.08. The summed E-state index contributed by atoms with van der Waals surface area (Å²) < 4.78 is 8.95. The topological polar surface area (TPSA) is 120 Å². The van der Waals surface area contributed by atoms with Gasteiger partial charge in [-0.1, -0.05) is 0 Å². The summed E-state index contributed by atoms with van der Waals surface area (Å²) >= 11 is 4.12. The summed E-state index contributed by atoms with van der Waals surface area (Å²) in [5, 5.41) is 27.3. The first-order chi connectivity index (χ1) is 6.26. The molecule has 84 valence electrons. The Labute approximate surface area is 84.8 Å². The summed E-state index contributed by atoms with van der Waals surface area (Å²) in [5.41, 5.74) is 0. The average molecular weight is 246 g/mol. The van der Waals surface area contributed by atoms with Crippen LogP contribution in [0.25, 0.3) is 0 Å². The zero-order chi connectivity index (χ0) is 11.0. The highest BCUT2D eigenvalue weighted by Gasteiger charge is 2.48. The number of aliphatic hydroxyl groups is 3. The molecule has 9 heteroatoms. The molecule has 0 aromatic rings. The van der Waals surface area contributed by atoms with Crippen LogP contribution in [0.15, 0.2) is 0 Å². The summed E-state index contributed by atoms with van der Waals surface area (Å²) in [6.45, 7) is -4.60. The summed E-state index contributed by atoms with van der Waals surface area (Å²) in [4.78, 5) is 17.5. The van der Waals surface area contributed by atoms with Crippen LogP contribution >= 0.6 is 6.72 Å².